The molecule has 10 aromatic carbocycles. The van der Waals surface area contributed by atoms with Gasteiger partial charge in [0.15, 0.2) is 0 Å². The molecule has 0 unspecified atom stereocenters. The fraction of sp³-hybridized carbons (Fsp3) is 0.0175. The van der Waals surface area contributed by atoms with Gasteiger partial charge in [-0.2, -0.15) is 0 Å². The van der Waals surface area contributed by atoms with E-state index in [-0.39, 0.29) is 5.41 Å². The summed E-state index contributed by atoms with van der Waals surface area (Å²) in [6.45, 7) is 0. The van der Waals surface area contributed by atoms with Gasteiger partial charge in [0.2, 0.25) is 0 Å². The zero-order valence-electron chi connectivity index (χ0n) is 31.8. The average molecular weight is 736 g/mol. The average Bonchev–Trinajstić information content (AvgIpc) is 3.77. The van der Waals surface area contributed by atoms with Crippen LogP contribution in [0.3, 0.4) is 0 Å². The number of rotatable bonds is 5. The van der Waals surface area contributed by atoms with E-state index in [4.69, 9.17) is 0 Å². The molecule has 0 atom stereocenters. The third-order valence-corrected chi connectivity index (χ3v) is 12.7. The summed E-state index contributed by atoms with van der Waals surface area (Å²) in [6, 6.07) is 83.0. The number of hydrogen-bond donors (Lipinski definition) is 0. The van der Waals surface area contributed by atoms with Crippen LogP contribution in [0.15, 0.2) is 224 Å². The van der Waals surface area contributed by atoms with E-state index >= 15 is 0 Å². The van der Waals surface area contributed by atoms with E-state index in [0.717, 1.165) is 17.1 Å². The molecular formula is C57H37N. The van der Waals surface area contributed by atoms with Gasteiger partial charge in [0, 0.05) is 17.1 Å². The molecule has 2 aliphatic rings. The molecule has 10 aromatic rings. The molecule has 0 heterocycles. The van der Waals surface area contributed by atoms with Crippen molar-refractivity contribution in [1.82, 2.24) is 0 Å². The zero-order valence-corrected chi connectivity index (χ0v) is 31.8. The van der Waals surface area contributed by atoms with Gasteiger partial charge >= 0.3 is 0 Å². The molecule has 1 nitrogen and oxygen atoms in total. The standard InChI is InChI=1S/C57H37N/c1-2-18-41(19-3-1)58(43-35-34-39-33-32-38-16-4-5-21-44(38)51(39)37-43)42-20-14-17-40(36-42)45-22-6-7-23-46(45)49-27-15-31-55-56(49)50-26-10-13-30-54(50)57(55)52-28-11-8-24-47(52)48-25-9-12-29-53(48)57/h1-37H. The van der Waals surface area contributed by atoms with Crippen molar-refractivity contribution in [3.8, 4) is 44.5 Å². The maximum atomic E-state index is 2.39. The van der Waals surface area contributed by atoms with E-state index in [1.54, 1.807) is 0 Å². The maximum Gasteiger partial charge on any atom is 0.0725 e. The summed E-state index contributed by atoms with van der Waals surface area (Å²) in [5.41, 5.74) is 18.6. The van der Waals surface area contributed by atoms with E-state index < -0.39 is 0 Å². The lowest BCUT2D eigenvalue weighted by atomic mass is 9.70. The molecule has 0 aromatic heterocycles. The highest BCUT2D eigenvalue weighted by Crippen LogP contribution is 2.64. The van der Waals surface area contributed by atoms with E-state index in [1.165, 1.54) is 88.3 Å². The molecule has 1 heteroatoms. The van der Waals surface area contributed by atoms with Crippen molar-refractivity contribution in [1.29, 1.82) is 0 Å². The monoisotopic (exact) mass is 735 g/mol. The largest absolute Gasteiger partial charge is 0.310 e. The smallest absolute Gasteiger partial charge is 0.0725 e. The molecule has 0 saturated carbocycles. The number of anilines is 3. The van der Waals surface area contributed by atoms with Crippen LogP contribution in [0, 0.1) is 0 Å². The highest BCUT2D eigenvalue weighted by atomic mass is 15.1. The summed E-state index contributed by atoms with van der Waals surface area (Å²) >= 11 is 0. The predicted molar refractivity (Wildman–Crippen MR) is 243 cm³/mol. The maximum absolute atomic E-state index is 2.39. The Morgan fingerprint density at radius 1 is 0.276 bits per heavy atom. The van der Waals surface area contributed by atoms with Gasteiger partial charge in [0.05, 0.1) is 5.41 Å². The Bertz CT molecular complexity index is 3200. The van der Waals surface area contributed by atoms with Crippen LogP contribution in [-0.4, -0.2) is 0 Å². The number of para-hydroxylation sites is 1. The van der Waals surface area contributed by atoms with E-state index in [1.807, 2.05) is 0 Å². The van der Waals surface area contributed by atoms with Gasteiger partial charge in [0.1, 0.15) is 0 Å². The fourth-order valence-corrected chi connectivity index (χ4v) is 10.3. The first kappa shape index (κ1) is 32.7. The Morgan fingerprint density at radius 3 is 1.53 bits per heavy atom. The molecule has 0 saturated heterocycles. The van der Waals surface area contributed by atoms with Gasteiger partial charge in [-0.1, -0.05) is 188 Å². The van der Waals surface area contributed by atoms with Gasteiger partial charge in [-0.05, 0) is 125 Å². The van der Waals surface area contributed by atoms with Crippen molar-refractivity contribution in [2.75, 3.05) is 4.90 Å². The second-order valence-corrected chi connectivity index (χ2v) is 15.6. The molecule has 0 N–H and O–H groups in total. The normalized spacial score (nSPS) is 13.0. The molecule has 0 radical (unpaired) electrons. The Labute approximate surface area is 338 Å². The predicted octanol–water partition coefficient (Wildman–Crippen LogP) is 15.1. The van der Waals surface area contributed by atoms with E-state index in [0.29, 0.717) is 0 Å². The number of benzene rings is 10. The quantitative estimate of drug-likeness (QED) is 0.159. The van der Waals surface area contributed by atoms with Crippen LogP contribution >= 0.6 is 0 Å². The van der Waals surface area contributed by atoms with Crippen molar-refractivity contribution in [3.05, 3.63) is 247 Å². The summed E-state index contributed by atoms with van der Waals surface area (Å²) in [5, 5.41) is 5.00. The molecule has 2 aliphatic carbocycles. The van der Waals surface area contributed by atoms with Crippen molar-refractivity contribution >= 4 is 38.6 Å². The number of hydrogen-bond acceptors (Lipinski definition) is 1. The Morgan fingerprint density at radius 2 is 0.776 bits per heavy atom. The first-order valence-corrected chi connectivity index (χ1v) is 20.2. The Kier molecular flexibility index (Phi) is 7.21. The highest BCUT2D eigenvalue weighted by molar-refractivity contribution is 6.09. The van der Waals surface area contributed by atoms with Crippen LogP contribution in [0.2, 0.25) is 0 Å². The number of fused-ring (bicyclic) bond motifs is 13. The zero-order chi connectivity index (χ0) is 38.2. The molecule has 1 spiro atoms. The second kappa shape index (κ2) is 12.8. The lowest BCUT2D eigenvalue weighted by Gasteiger charge is -2.30. The summed E-state index contributed by atoms with van der Waals surface area (Å²) in [5.74, 6) is 0. The molecular weight excluding hydrogens is 699 g/mol. The summed E-state index contributed by atoms with van der Waals surface area (Å²) in [6.07, 6.45) is 0. The lowest BCUT2D eigenvalue weighted by Crippen LogP contribution is -2.25. The third kappa shape index (κ3) is 4.65. The van der Waals surface area contributed by atoms with Crippen molar-refractivity contribution < 1.29 is 0 Å². The third-order valence-electron chi connectivity index (χ3n) is 12.7. The van der Waals surface area contributed by atoms with Gasteiger partial charge in [0.25, 0.3) is 0 Å². The van der Waals surface area contributed by atoms with Crippen LogP contribution in [0.25, 0.3) is 66.1 Å². The summed E-state index contributed by atoms with van der Waals surface area (Å²) in [4.78, 5) is 2.39. The molecule has 0 bridgehead atoms. The van der Waals surface area contributed by atoms with Gasteiger partial charge in [-0.25, -0.2) is 0 Å². The topological polar surface area (TPSA) is 3.24 Å². The molecule has 0 fully saturated rings. The summed E-state index contributed by atoms with van der Waals surface area (Å²) in [7, 11) is 0. The highest BCUT2D eigenvalue weighted by Gasteiger charge is 2.52. The molecule has 0 amide bonds. The van der Waals surface area contributed by atoms with Crippen molar-refractivity contribution in [2.24, 2.45) is 0 Å². The van der Waals surface area contributed by atoms with E-state index in [2.05, 4.69) is 229 Å². The van der Waals surface area contributed by atoms with Gasteiger partial charge < -0.3 is 4.90 Å². The number of nitrogens with zero attached hydrogens (tertiary/aromatic N) is 1. The molecule has 12 rings (SSSR count). The van der Waals surface area contributed by atoms with Crippen LogP contribution in [0.5, 0.6) is 0 Å². The minimum Gasteiger partial charge on any atom is -0.310 e. The van der Waals surface area contributed by atoms with Gasteiger partial charge in [-0.15, -0.1) is 0 Å². The van der Waals surface area contributed by atoms with Crippen molar-refractivity contribution in [2.45, 2.75) is 5.41 Å². The molecule has 58 heavy (non-hydrogen) atoms. The summed E-state index contributed by atoms with van der Waals surface area (Å²) < 4.78 is 0. The van der Waals surface area contributed by atoms with Crippen LogP contribution < -0.4 is 4.90 Å². The van der Waals surface area contributed by atoms with Crippen molar-refractivity contribution in [3.63, 3.8) is 0 Å². The SMILES string of the molecule is c1ccc(N(c2cccc(-c3ccccc3-c3cccc4c3-c3ccccc3C43c4ccccc4-c4ccccc43)c2)c2ccc3ccc4ccccc4c3c2)cc1. The van der Waals surface area contributed by atoms with Crippen LogP contribution in [0.1, 0.15) is 22.3 Å². The second-order valence-electron chi connectivity index (χ2n) is 15.6. The van der Waals surface area contributed by atoms with Crippen LogP contribution in [-0.2, 0) is 5.41 Å². The first-order chi connectivity index (χ1) is 28.8. The molecule has 270 valence electrons. The molecule has 0 aliphatic heterocycles. The minimum absolute atomic E-state index is 0.384. The minimum atomic E-state index is -0.384. The van der Waals surface area contributed by atoms with Crippen LogP contribution in [0.4, 0.5) is 17.1 Å². The Balaban J connectivity index is 1.05. The van der Waals surface area contributed by atoms with Gasteiger partial charge in [-0.3, -0.25) is 0 Å². The fourth-order valence-electron chi connectivity index (χ4n) is 10.3. The first-order valence-electron chi connectivity index (χ1n) is 20.2. The Hall–Kier alpha value is -7.48. The lowest BCUT2D eigenvalue weighted by molar-refractivity contribution is 0.794. The van der Waals surface area contributed by atoms with E-state index in [9.17, 15) is 0 Å².